The smallest absolute Gasteiger partial charge is 0.234 e. The molecule has 0 bridgehead atoms. The lowest BCUT2D eigenvalue weighted by Gasteiger charge is -2.20. The van der Waals surface area contributed by atoms with Crippen LogP contribution in [0.2, 0.25) is 0 Å². The van der Waals surface area contributed by atoms with Gasteiger partial charge in [0.2, 0.25) is 11.8 Å². The Balaban J connectivity index is 1.50. The molecule has 0 aliphatic carbocycles. The van der Waals surface area contributed by atoms with Crippen LogP contribution in [0.25, 0.3) is 0 Å². The van der Waals surface area contributed by atoms with Gasteiger partial charge in [-0.15, -0.1) is 11.8 Å². The minimum absolute atomic E-state index is 0.0823. The first-order chi connectivity index (χ1) is 13.6. The van der Waals surface area contributed by atoms with E-state index in [0.717, 1.165) is 11.3 Å². The van der Waals surface area contributed by atoms with E-state index in [2.05, 4.69) is 5.32 Å². The molecule has 0 saturated carbocycles. The normalized spacial score (nSPS) is 10.6. The van der Waals surface area contributed by atoms with E-state index in [9.17, 15) is 9.59 Å². The number of benzene rings is 1. The number of aryl methyl sites for hydroxylation is 1. The van der Waals surface area contributed by atoms with Crippen molar-refractivity contribution in [1.82, 2.24) is 4.90 Å². The highest BCUT2D eigenvalue weighted by Gasteiger charge is 2.17. The number of carbonyl (C=O) groups is 2. The molecule has 1 aromatic carbocycles. The van der Waals surface area contributed by atoms with Gasteiger partial charge in [0.05, 0.1) is 37.1 Å². The highest BCUT2D eigenvalue weighted by molar-refractivity contribution is 8.00. The van der Waals surface area contributed by atoms with Gasteiger partial charge in [0.1, 0.15) is 11.5 Å². The third-order valence-electron chi connectivity index (χ3n) is 3.97. The first-order valence-electron chi connectivity index (χ1n) is 8.87. The predicted molar refractivity (Wildman–Crippen MR) is 109 cm³/mol. The summed E-state index contributed by atoms with van der Waals surface area (Å²) in [5.74, 6) is 1.58. The second-order valence-corrected chi connectivity index (χ2v) is 7.30. The Morgan fingerprint density at radius 1 is 0.964 bits per heavy atom. The number of carbonyl (C=O) groups excluding carboxylic acids is 2. The van der Waals surface area contributed by atoms with Gasteiger partial charge in [0.25, 0.3) is 0 Å². The Morgan fingerprint density at radius 3 is 2.21 bits per heavy atom. The van der Waals surface area contributed by atoms with Crippen molar-refractivity contribution in [2.75, 3.05) is 16.8 Å². The van der Waals surface area contributed by atoms with Crippen LogP contribution >= 0.6 is 11.8 Å². The second kappa shape index (κ2) is 9.85. The standard InChI is InChI=1S/C21H22N2O4S/c1-16-5-2-6-17(11-16)22-20(24)14-28-15-21(25)23(12-18-7-3-9-26-18)13-19-8-4-10-27-19/h2-11H,12-15H2,1H3,(H,22,24). The molecule has 0 fully saturated rings. The Morgan fingerprint density at radius 2 is 1.64 bits per heavy atom. The van der Waals surface area contributed by atoms with Crippen LogP contribution in [0.4, 0.5) is 5.69 Å². The molecule has 3 aromatic rings. The zero-order chi connectivity index (χ0) is 19.8. The molecule has 7 heteroatoms. The molecule has 2 amide bonds. The van der Waals surface area contributed by atoms with E-state index < -0.39 is 0 Å². The SMILES string of the molecule is Cc1cccc(NC(=O)CSCC(=O)N(Cc2ccco2)Cc2ccco2)c1. The van der Waals surface area contributed by atoms with Crippen molar-refractivity contribution in [2.45, 2.75) is 20.0 Å². The van der Waals surface area contributed by atoms with Gasteiger partial charge in [-0.3, -0.25) is 9.59 Å². The molecule has 0 aliphatic rings. The summed E-state index contributed by atoms with van der Waals surface area (Å²) in [5, 5.41) is 2.84. The first-order valence-corrected chi connectivity index (χ1v) is 10.0. The molecular formula is C21H22N2O4S. The van der Waals surface area contributed by atoms with Crippen molar-refractivity contribution in [3.05, 3.63) is 78.1 Å². The fraction of sp³-hybridized carbons (Fsp3) is 0.238. The summed E-state index contributed by atoms with van der Waals surface area (Å²) < 4.78 is 10.7. The van der Waals surface area contributed by atoms with Gasteiger partial charge < -0.3 is 19.1 Å². The van der Waals surface area contributed by atoms with Gasteiger partial charge in [-0.1, -0.05) is 12.1 Å². The molecule has 0 aliphatic heterocycles. The summed E-state index contributed by atoms with van der Waals surface area (Å²) in [7, 11) is 0. The number of nitrogens with zero attached hydrogens (tertiary/aromatic N) is 1. The zero-order valence-corrected chi connectivity index (χ0v) is 16.4. The summed E-state index contributed by atoms with van der Waals surface area (Å²) in [4.78, 5) is 26.4. The van der Waals surface area contributed by atoms with Crippen LogP contribution in [0.1, 0.15) is 17.1 Å². The molecule has 0 atom stereocenters. The third-order valence-corrected chi connectivity index (χ3v) is 4.88. The van der Waals surface area contributed by atoms with Crippen LogP contribution in [0.3, 0.4) is 0 Å². The van der Waals surface area contributed by atoms with Crippen molar-refractivity contribution in [2.24, 2.45) is 0 Å². The van der Waals surface area contributed by atoms with Gasteiger partial charge in [-0.2, -0.15) is 0 Å². The molecule has 0 saturated heterocycles. The van der Waals surface area contributed by atoms with Crippen LogP contribution in [-0.2, 0) is 22.7 Å². The van der Waals surface area contributed by atoms with E-state index in [4.69, 9.17) is 8.83 Å². The molecule has 3 rings (SSSR count). The molecular weight excluding hydrogens is 376 g/mol. The Labute approximate surface area is 167 Å². The van der Waals surface area contributed by atoms with Gasteiger partial charge in [0, 0.05) is 5.69 Å². The molecule has 1 N–H and O–H groups in total. The van der Waals surface area contributed by atoms with Crippen LogP contribution in [0.5, 0.6) is 0 Å². The first kappa shape index (κ1) is 19.8. The number of amides is 2. The van der Waals surface area contributed by atoms with Crippen LogP contribution < -0.4 is 5.32 Å². The quantitative estimate of drug-likeness (QED) is 0.588. The summed E-state index contributed by atoms with van der Waals surface area (Å²) in [6.45, 7) is 2.67. The van der Waals surface area contributed by atoms with E-state index in [1.54, 1.807) is 29.6 Å². The lowest BCUT2D eigenvalue weighted by molar-refractivity contribution is -0.130. The summed E-state index contributed by atoms with van der Waals surface area (Å²) >= 11 is 1.28. The topological polar surface area (TPSA) is 75.7 Å². The Hall–Kier alpha value is -2.93. The van der Waals surface area contributed by atoms with Crippen molar-refractivity contribution in [3.8, 4) is 0 Å². The van der Waals surface area contributed by atoms with E-state index in [0.29, 0.717) is 24.6 Å². The number of furan rings is 2. The molecule has 2 heterocycles. The van der Waals surface area contributed by atoms with E-state index in [1.807, 2.05) is 43.3 Å². The van der Waals surface area contributed by atoms with Gasteiger partial charge in [-0.25, -0.2) is 0 Å². The second-order valence-electron chi connectivity index (χ2n) is 6.32. The fourth-order valence-electron chi connectivity index (χ4n) is 2.66. The zero-order valence-electron chi connectivity index (χ0n) is 15.6. The maximum atomic E-state index is 12.7. The van der Waals surface area contributed by atoms with Crippen molar-refractivity contribution in [3.63, 3.8) is 0 Å². The molecule has 0 radical (unpaired) electrons. The third kappa shape index (κ3) is 6.06. The summed E-state index contributed by atoms with van der Waals surface area (Å²) in [6.07, 6.45) is 3.16. The fourth-order valence-corrected chi connectivity index (χ4v) is 3.37. The molecule has 28 heavy (non-hydrogen) atoms. The monoisotopic (exact) mass is 398 g/mol. The average molecular weight is 398 g/mol. The van der Waals surface area contributed by atoms with Crippen molar-refractivity contribution >= 4 is 29.3 Å². The van der Waals surface area contributed by atoms with E-state index >= 15 is 0 Å². The Kier molecular flexibility index (Phi) is 6.97. The Bertz CT molecular complexity index is 855. The molecule has 0 unspecified atom stereocenters. The summed E-state index contributed by atoms with van der Waals surface area (Å²) in [6, 6.07) is 14.8. The van der Waals surface area contributed by atoms with E-state index in [-0.39, 0.29) is 23.3 Å². The van der Waals surface area contributed by atoms with Crippen LogP contribution in [0, 0.1) is 6.92 Å². The van der Waals surface area contributed by atoms with Crippen molar-refractivity contribution in [1.29, 1.82) is 0 Å². The van der Waals surface area contributed by atoms with Crippen LogP contribution in [0.15, 0.2) is 69.9 Å². The largest absolute Gasteiger partial charge is 0.467 e. The minimum Gasteiger partial charge on any atom is -0.467 e. The number of hydrogen-bond donors (Lipinski definition) is 1. The molecule has 146 valence electrons. The van der Waals surface area contributed by atoms with E-state index in [1.165, 1.54) is 11.8 Å². The van der Waals surface area contributed by atoms with Gasteiger partial charge >= 0.3 is 0 Å². The highest BCUT2D eigenvalue weighted by Crippen LogP contribution is 2.14. The van der Waals surface area contributed by atoms with Crippen molar-refractivity contribution < 1.29 is 18.4 Å². The molecule has 2 aromatic heterocycles. The lowest BCUT2D eigenvalue weighted by Crippen LogP contribution is -2.31. The number of hydrogen-bond acceptors (Lipinski definition) is 5. The lowest BCUT2D eigenvalue weighted by atomic mass is 10.2. The number of anilines is 1. The maximum absolute atomic E-state index is 12.7. The predicted octanol–water partition coefficient (Wildman–Crippen LogP) is 4.08. The molecule has 0 spiro atoms. The number of nitrogens with one attached hydrogen (secondary N) is 1. The summed E-state index contributed by atoms with van der Waals surface area (Å²) in [5.41, 5.74) is 1.83. The minimum atomic E-state index is -0.132. The number of thioether (sulfide) groups is 1. The maximum Gasteiger partial charge on any atom is 0.234 e. The van der Waals surface area contributed by atoms with Crippen LogP contribution in [-0.4, -0.2) is 28.2 Å². The average Bonchev–Trinajstić information content (AvgIpc) is 3.35. The van der Waals surface area contributed by atoms with Gasteiger partial charge in [0.15, 0.2) is 0 Å². The van der Waals surface area contributed by atoms with Gasteiger partial charge in [-0.05, 0) is 48.9 Å². The number of rotatable bonds is 9. The molecule has 6 nitrogen and oxygen atoms in total. The highest BCUT2D eigenvalue weighted by atomic mass is 32.2.